The summed E-state index contributed by atoms with van der Waals surface area (Å²) >= 11 is 0. The molecule has 0 bridgehead atoms. The molecule has 0 aromatic heterocycles. The Balaban J connectivity index is 2.05. The molecule has 0 saturated carbocycles. The fourth-order valence-corrected chi connectivity index (χ4v) is 7.61. The molecule has 49 heavy (non-hydrogen) atoms. The van der Waals surface area contributed by atoms with Crippen LogP contribution in [0.15, 0.2) is 94.4 Å². The van der Waals surface area contributed by atoms with E-state index in [2.05, 4.69) is 6.58 Å². The summed E-state index contributed by atoms with van der Waals surface area (Å²) in [4.78, 5) is 1.36. The first-order chi connectivity index (χ1) is 22.7. The van der Waals surface area contributed by atoms with E-state index in [0.717, 1.165) is 5.56 Å². The number of anilines is 1. The molecule has 0 spiro atoms. The normalized spacial score (nSPS) is 19.2. The summed E-state index contributed by atoms with van der Waals surface area (Å²) in [6.07, 6.45) is 9.89. The van der Waals surface area contributed by atoms with Crippen molar-refractivity contribution < 1.29 is 48.4 Å². The fraction of sp³-hybridized carbons (Fsp3) is 0.412. The average Bonchev–Trinajstić information content (AvgIpc) is 3.23. The summed E-state index contributed by atoms with van der Waals surface area (Å²) in [5.74, 6) is -0.473. The van der Waals surface area contributed by atoms with Gasteiger partial charge in [-0.3, -0.25) is 13.7 Å². The Hall–Kier alpha value is -3.15. The van der Waals surface area contributed by atoms with E-state index >= 15 is 0 Å². The van der Waals surface area contributed by atoms with Crippen molar-refractivity contribution in [3.05, 3.63) is 101 Å². The molecule has 0 aliphatic carbocycles. The Labute approximate surface area is 290 Å². The summed E-state index contributed by atoms with van der Waals surface area (Å²) in [6.45, 7) is 10.8. The van der Waals surface area contributed by atoms with Crippen LogP contribution >= 0.6 is 0 Å². The predicted octanol–water partition coefficient (Wildman–Crippen LogP) is 5.43. The highest BCUT2D eigenvalue weighted by Crippen LogP contribution is 2.50. The van der Waals surface area contributed by atoms with Crippen molar-refractivity contribution in [1.29, 1.82) is 0 Å². The quantitative estimate of drug-likeness (QED) is 0.138. The minimum absolute atomic E-state index is 0.0811. The average molecular weight is 740 g/mol. The van der Waals surface area contributed by atoms with E-state index in [9.17, 15) is 38.9 Å². The number of fused-ring (bicyclic) bond motifs is 1. The highest BCUT2D eigenvalue weighted by molar-refractivity contribution is 7.86. The number of rotatable bonds is 17. The number of aryl methyl sites for hydroxylation is 1. The molecule has 0 radical (unpaired) electrons. The topological polar surface area (TPSA) is 185 Å². The first kappa shape index (κ1) is 40.3. The van der Waals surface area contributed by atoms with Crippen LogP contribution < -0.4 is 4.90 Å². The van der Waals surface area contributed by atoms with Crippen LogP contribution in [0.4, 0.5) is 5.69 Å². The van der Waals surface area contributed by atoms with E-state index in [1.54, 1.807) is 50.7 Å². The number of hydrogen-bond acceptors (Lipinski definition) is 9. The molecule has 2 unspecified atom stereocenters. The molecule has 0 amide bonds. The molecule has 3 rings (SSSR count). The molecule has 1 aliphatic heterocycles. The van der Waals surface area contributed by atoms with Crippen LogP contribution in [0.2, 0.25) is 0 Å². The van der Waals surface area contributed by atoms with Crippen LogP contribution in [0.1, 0.15) is 49.8 Å². The van der Waals surface area contributed by atoms with Crippen LogP contribution in [0.5, 0.6) is 0 Å². The molecule has 1 aliphatic rings. The molecule has 1 heterocycles. The molecule has 0 fully saturated rings. The molecular formula is C34H45NO11S3. The second kappa shape index (κ2) is 15.8. The zero-order chi connectivity index (χ0) is 36.8. The Morgan fingerprint density at radius 2 is 1.53 bits per heavy atom. The highest BCUT2D eigenvalue weighted by atomic mass is 32.2. The molecule has 2 atom stereocenters. The number of nitrogens with zero attached hydrogens (tertiary/aromatic N) is 1. The maximum Gasteiger partial charge on any atom is 0.294 e. The standard InChI is InChI=1S/C34H45NO11S3/c1-25-13-14-27(48(39,40)41)23-29(25)33(3,17-20-45-5)26(2)11-8-7-9-12-32-34(4,18-21-46-6)30-24-28(49(42,43)44)15-16-31(30)35(32)19-10-22-47(36,37)38/h7-9,11-16,23-24H,2,10,17-22H2,1,3-6H3,(H,36,37,38)(H,39,40,41)(H,42,43,44)/b9-7+,11-8+,32-12+. The van der Waals surface area contributed by atoms with Crippen molar-refractivity contribution in [1.82, 2.24) is 0 Å². The third kappa shape index (κ3) is 9.76. The lowest BCUT2D eigenvalue weighted by Crippen LogP contribution is -2.31. The SMILES string of the molecule is C=C(/C=C/C=C/C=C1/N(CCCS(=O)(=O)O)c2ccc(S(=O)(=O)O)cc2C1(C)CCOC)C(C)(CCOC)c1cc(S(=O)(=O)O)ccc1C. The van der Waals surface area contributed by atoms with Crippen molar-refractivity contribution >= 4 is 36.0 Å². The second-order valence-corrected chi connectivity index (χ2v) is 16.8. The van der Waals surface area contributed by atoms with Gasteiger partial charge in [-0.1, -0.05) is 43.9 Å². The van der Waals surface area contributed by atoms with Gasteiger partial charge in [-0.15, -0.1) is 0 Å². The number of ether oxygens (including phenoxy) is 2. The van der Waals surface area contributed by atoms with E-state index in [-0.39, 0.29) is 22.8 Å². The molecule has 2 aromatic carbocycles. The largest absolute Gasteiger partial charge is 0.385 e. The van der Waals surface area contributed by atoms with Crippen LogP contribution in [0, 0.1) is 6.92 Å². The van der Waals surface area contributed by atoms with Crippen molar-refractivity contribution in [2.24, 2.45) is 0 Å². The third-order valence-electron chi connectivity index (χ3n) is 8.99. The van der Waals surface area contributed by atoms with Crippen LogP contribution in [0.25, 0.3) is 0 Å². The summed E-state index contributed by atoms with van der Waals surface area (Å²) in [5.41, 5.74) is 2.51. The first-order valence-electron chi connectivity index (χ1n) is 15.3. The van der Waals surface area contributed by atoms with Crippen LogP contribution in [-0.4, -0.2) is 78.6 Å². The van der Waals surface area contributed by atoms with Gasteiger partial charge < -0.3 is 14.4 Å². The molecule has 3 N–H and O–H groups in total. The fourth-order valence-electron chi connectivity index (χ4n) is 6.10. The van der Waals surface area contributed by atoms with Gasteiger partial charge in [0.2, 0.25) is 0 Å². The lowest BCUT2D eigenvalue weighted by atomic mass is 9.72. The molecule has 270 valence electrons. The van der Waals surface area contributed by atoms with E-state index in [4.69, 9.17) is 9.47 Å². The molecule has 12 nitrogen and oxygen atoms in total. The maximum atomic E-state index is 12.0. The molecule has 0 saturated heterocycles. The van der Waals surface area contributed by atoms with Gasteiger partial charge in [-0.05, 0) is 91.8 Å². The smallest absolute Gasteiger partial charge is 0.294 e. The number of hydrogen-bond donors (Lipinski definition) is 3. The van der Waals surface area contributed by atoms with Crippen molar-refractivity contribution in [2.75, 3.05) is 44.6 Å². The van der Waals surface area contributed by atoms with E-state index in [0.29, 0.717) is 54.1 Å². The summed E-state index contributed by atoms with van der Waals surface area (Å²) in [5, 5.41) is 0. The zero-order valence-electron chi connectivity index (χ0n) is 28.3. The van der Waals surface area contributed by atoms with Gasteiger partial charge in [0.1, 0.15) is 0 Å². The van der Waals surface area contributed by atoms with E-state index in [1.165, 1.54) is 24.3 Å². The van der Waals surface area contributed by atoms with Crippen molar-refractivity contribution in [3.63, 3.8) is 0 Å². The third-order valence-corrected chi connectivity index (χ3v) is 11.5. The highest BCUT2D eigenvalue weighted by Gasteiger charge is 2.43. The van der Waals surface area contributed by atoms with Gasteiger partial charge >= 0.3 is 0 Å². The summed E-state index contributed by atoms with van der Waals surface area (Å²) in [6, 6.07) is 8.67. The Kier molecular flexibility index (Phi) is 13.0. The van der Waals surface area contributed by atoms with Crippen molar-refractivity contribution in [2.45, 2.75) is 60.7 Å². The van der Waals surface area contributed by atoms with Gasteiger partial charge in [-0.2, -0.15) is 25.3 Å². The van der Waals surface area contributed by atoms with E-state index < -0.39 is 46.9 Å². The number of methoxy groups -OCH3 is 2. The molecule has 2 aromatic rings. The monoisotopic (exact) mass is 739 g/mol. The zero-order valence-corrected chi connectivity index (χ0v) is 30.7. The van der Waals surface area contributed by atoms with Gasteiger partial charge in [0.05, 0.1) is 15.5 Å². The first-order valence-corrected chi connectivity index (χ1v) is 19.8. The summed E-state index contributed by atoms with van der Waals surface area (Å²) < 4.78 is 110. The maximum absolute atomic E-state index is 12.0. The number of allylic oxidation sites excluding steroid dienone is 7. The minimum atomic E-state index is -4.51. The summed E-state index contributed by atoms with van der Waals surface area (Å²) in [7, 11) is -10.1. The predicted molar refractivity (Wildman–Crippen MR) is 189 cm³/mol. The van der Waals surface area contributed by atoms with Crippen molar-refractivity contribution in [3.8, 4) is 0 Å². The number of benzene rings is 2. The molecule has 15 heteroatoms. The van der Waals surface area contributed by atoms with Crippen LogP contribution in [0.3, 0.4) is 0 Å². The Bertz CT molecular complexity index is 1970. The van der Waals surface area contributed by atoms with E-state index in [1.807, 2.05) is 31.7 Å². The minimum Gasteiger partial charge on any atom is -0.385 e. The second-order valence-electron chi connectivity index (χ2n) is 12.4. The lowest BCUT2D eigenvalue weighted by molar-refractivity contribution is 0.178. The van der Waals surface area contributed by atoms with Gasteiger partial charge in [-0.25, -0.2) is 0 Å². The van der Waals surface area contributed by atoms with Gasteiger partial charge in [0.15, 0.2) is 0 Å². The van der Waals surface area contributed by atoms with Gasteiger partial charge in [0.25, 0.3) is 30.4 Å². The Morgan fingerprint density at radius 3 is 2.12 bits per heavy atom. The van der Waals surface area contributed by atoms with Gasteiger partial charge in [0, 0.05) is 56.2 Å². The Morgan fingerprint density at radius 1 is 0.918 bits per heavy atom. The lowest BCUT2D eigenvalue weighted by Gasteiger charge is -2.33. The van der Waals surface area contributed by atoms with Crippen LogP contribution in [-0.2, 0) is 50.7 Å². The molecular weight excluding hydrogens is 695 g/mol.